The molecule has 6 nitrogen and oxygen atoms in total. The maximum Gasteiger partial charge on any atom is 0.673 e. The molecule has 0 spiro atoms. The van der Waals surface area contributed by atoms with Gasteiger partial charge in [0.1, 0.15) is 6.10 Å². The third-order valence-corrected chi connectivity index (χ3v) is 2.07. The maximum atomic E-state index is 8.62. The smallest absolute Gasteiger partial charge is 0.371 e. The van der Waals surface area contributed by atoms with E-state index < -0.39 is 15.3 Å². The SMILES string of the molecule is CCC(OCC1CO1)O[Si](O)(O)O. The number of ether oxygens (including phenoxy) is 2. The lowest BCUT2D eigenvalue weighted by molar-refractivity contribution is -0.131. The van der Waals surface area contributed by atoms with Crippen LogP contribution in [0.25, 0.3) is 0 Å². The molecule has 0 saturated carbocycles. The van der Waals surface area contributed by atoms with Gasteiger partial charge in [-0.2, -0.15) is 0 Å². The summed E-state index contributed by atoms with van der Waals surface area (Å²) < 4.78 is 14.5. The number of epoxide rings is 1. The van der Waals surface area contributed by atoms with Gasteiger partial charge in [-0.05, 0) is 6.42 Å². The Kier molecular flexibility index (Phi) is 3.80. The summed E-state index contributed by atoms with van der Waals surface area (Å²) in [5.74, 6) is 0. The normalized spacial score (nSPS) is 24.5. The van der Waals surface area contributed by atoms with E-state index in [0.717, 1.165) is 0 Å². The molecule has 1 rings (SSSR count). The first-order chi connectivity index (χ1) is 6.01. The fourth-order valence-corrected chi connectivity index (χ4v) is 1.38. The van der Waals surface area contributed by atoms with E-state index in [1.807, 2.05) is 0 Å². The lowest BCUT2D eigenvalue weighted by Gasteiger charge is -2.19. The molecule has 13 heavy (non-hydrogen) atoms. The molecule has 78 valence electrons. The zero-order chi connectivity index (χ0) is 9.90. The summed E-state index contributed by atoms with van der Waals surface area (Å²) >= 11 is 0. The Morgan fingerprint density at radius 3 is 2.54 bits per heavy atom. The fourth-order valence-electron chi connectivity index (χ4n) is 0.790. The predicted octanol–water partition coefficient (Wildman–Crippen LogP) is -1.43. The Labute approximate surface area is 77.2 Å². The molecular weight excluding hydrogens is 196 g/mol. The lowest BCUT2D eigenvalue weighted by Crippen LogP contribution is -2.43. The molecule has 0 bridgehead atoms. The van der Waals surface area contributed by atoms with E-state index in [9.17, 15) is 0 Å². The van der Waals surface area contributed by atoms with Gasteiger partial charge in [-0.1, -0.05) is 6.92 Å². The van der Waals surface area contributed by atoms with Crippen molar-refractivity contribution in [1.82, 2.24) is 0 Å². The fraction of sp³-hybridized carbons (Fsp3) is 1.00. The summed E-state index contributed by atoms with van der Waals surface area (Å²) in [6, 6.07) is 0. The van der Waals surface area contributed by atoms with Crippen LogP contribution in [0.2, 0.25) is 0 Å². The summed E-state index contributed by atoms with van der Waals surface area (Å²) in [4.78, 5) is 25.8. The first kappa shape index (κ1) is 11.1. The van der Waals surface area contributed by atoms with E-state index in [1.54, 1.807) is 6.92 Å². The van der Waals surface area contributed by atoms with Crippen LogP contribution in [0.5, 0.6) is 0 Å². The van der Waals surface area contributed by atoms with E-state index in [4.69, 9.17) is 23.9 Å². The Hall–Kier alpha value is -0.0231. The Balaban J connectivity index is 2.16. The average molecular weight is 210 g/mol. The number of hydrogen-bond acceptors (Lipinski definition) is 6. The minimum atomic E-state index is -4.46. The minimum Gasteiger partial charge on any atom is -0.371 e. The van der Waals surface area contributed by atoms with Gasteiger partial charge in [0.2, 0.25) is 0 Å². The molecule has 1 heterocycles. The monoisotopic (exact) mass is 210 g/mol. The highest BCUT2D eigenvalue weighted by Gasteiger charge is 2.35. The summed E-state index contributed by atoms with van der Waals surface area (Å²) in [6.45, 7) is 2.76. The van der Waals surface area contributed by atoms with Gasteiger partial charge in [-0.3, -0.25) is 0 Å². The molecule has 1 aliphatic rings. The second kappa shape index (κ2) is 4.47. The predicted molar refractivity (Wildman–Crippen MR) is 43.3 cm³/mol. The Morgan fingerprint density at radius 1 is 1.54 bits per heavy atom. The van der Waals surface area contributed by atoms with Crippen molar-refractivity contribution in [3.63, 3.8) is 0 Å². The van der Waals surface area contributed by atoms with Gasteiger partial charge in [-0.25, -0.2) is 0 Å². The van der Waals surface area contributed by atoms with Crippen LogP contribution in [-0.4, -0.2) is 49.0 Å². The molecule has 1 aliphatic heterocycles. The number of hydrogen-bond donors (Lipinski definition) is 3. The van der Waals surface area contributed by atoms with Crippen LogP contribution in [0.4, 0.5) is 0 Å². The highest BCUT2D eigenvalue weighted by Crippen LogP contribution is 2.12. The van der Waals surface area contributed by atoms with Gasteiger partial charge >= 0.3 is 9.05 Å². The summed E-state index contributed by atoms with van der Waals surface area (Å²) in [7, 11) is -4.46. The molecule has 7 heteroatoms. The topological polar surface area (TPSA) is 91.7 Å². The van der Waals surface area contributed by atoms with E-state index in [0.29, 0.717) is 19.6 Å². The highest BCUT2D eigenvalue weighted by molar-refractivity contribution is 6.48. The molecule has 3 N–H and O–H groups in total. The molecule has 1 fully saturated rings. The molecule has 0 aromatic carbocycles. The molecule has 0 aromatic rings. The van der Waals surface area contributed by atoms with Crippen molar-refractivity contribution in [1.29, 1.82) is 0 Å². The molecule has 0 amide bonds. The quantitative estimate of drug-likeness (QED) is 0.283. The second-order valence-electron chi connectivity index (χ2n) is 2.82. The van der Waals surface area contributed by atoms with Gasteiger partial charge in [0, 0.05) is 0 Å². The average Bonchev–Trinajstić information content (AvgIpc) is 2.78. The van der Waals surface area contributed by atoms with Crippen LogP contribution in [0.1, 0.15) is 13.3 Å². The van der Waals surface area contributed by atoms with Gasteiger partial charge in [0.05, 0.1) is 13.2 Å². The van der Waals surface area contributed by atoms with Crippen molar-refractivity contribution >= 4 is 9.05 Å². The van der Waals surface area contributed by atoms with Crippen molar-refractivity contribution in [3.8, 4) is 0 Å². The van der Waals surface area contributed by atoms with Gasteiger partial charge in [-0.15, -0.1) is 0 Å². The summed E-state index contributed by atoms with van der Waals surface area (Å²) in [5.41, 5.74) is 0. The largest absolute Gasteiger partial charge is 0.673 e. The van der Waals surface area contributed by atoms with Crippen molar-refractivity contribution in [3.05, 3.63) is 0 Å². The molecule has 0 aliphatic carbocycles. The third kappa shape index (κ3) is 5.31. The van der Waals surface area contributed by atoms with Crippen molar-refractivity contribution in [2.75, 3.05) is 13.2 Å². The minimum absolute atomic E-state index is 0.0878. The molecule has 0 aromatic heterocycles. The molecule has 0 radical (unpaired) electrons. The summed E-state index contributed by atoms with van der Waals surface area (Å²) in [6.07, 6.45) is -0.260. The van der Waals surface area contributed by atoms with Crippen molar-refractivity contribution < 1.29 is 28.3 Å². The Bertz CT molecular complexity index is 154. The van der Waals surface area contributed by atoms with Crippen LogP contribution in [0.3, 0.4) is 0 Å². The summed E-state index contributed by atoms with van der Waals surface area (Å²) in [5, 5.41) is 0. The second-order valence-corrected chi connectivity index (χ2v) is 4.20. The Morgan fingerprint density at radius 2 is 2.15 bits per heavy atom. The maximum absolute atomic E-state index is 8.62. The van der Waals surface area contributed by atoms with Crippen LogP contribution in [0.15, 0.2) is 0 Å². The van der Waals surface area contributed by atoms with E-state index in [-0.39, 0.29) is 6.10 Å². The first-order valence-corrected chi connectivity index (χ1v) is 5.84. The van der Waals surface area contributed by atoms with Crippen LogP contribution >= 0.6 is 0 Å². The number of rotatable bonds is 6. The standard InChI is InChI=1S/C6H14O6Si/c1-2-6(12-13(7,8)9)11-4-5-3-10-5/h5-9H,2-4H2,1H3. The lowest BCUT2D eigenvalue weighted by atomic mass is 10.4. The van der Waals surface area contributed by atoms with E-state index in [2.05, 4.69) is 4.43 Å². The van der Waals surface area contributed by atoms with Crippen LogP contribution in [-0.2, 0) is 13.9 Å². The molecule has 1 saturated heterocycles. The van der Waals surface area contributed by atoms with Gasteiger partial charge in [0.15, 0.2) is 6.29 Å². The zero-order valence-corrected chi connectivity index (χ0v) is 8.34. The first-order valence-electron chi connectivity index (χ1n) is 4.09. The van der Waals surface area contributed by atoms with Crippen molar-refractivity contribution in [2.45, 2.75) is 25.7 Å². The molecule has 2 atom stereocenters. The molecular formula is C6H14O6Si. The van der Waals surface area contributed by atoms with Crippen LogP contribution < -0.4 is 0 Å². The highest BCUT2D eigenvalue weighted by atomic mass is 28.4. The molecule has 2 unspecified atom stereocenters. The van der Waals surface area contributed by atoms with E-state index in [1.165, 1.54) is 0 Å². The van der Waals surface area contributed by atoms with E-state index >= 15 is 0 Å². The van der Waals surface area contributed by atoms with Crippen LogP contribution in [0, 0.1) is 0 Å². The van der Waals surface area contributed by atoms with Gasteiger partial charge in [0.25, 0.3) is 0 Å². The van der Waals surface area contributed by atoms with Crippen molar-refractivity contribution in [2.24, 2.45) is 0 Å². The van der Waals surface area contributed by atoms with Gasteiger partial charge < -0.3 is 28.3 Å². The third-order valence-electron chi connectivity index (χ3n) is 1.49. The zero-order valence-electron chi connectivity index (χ0n) is 7.34.